The number of ether oxygens (including phenoxy) is 1. The molecule has 0 heterocycles. The van der Waals surface area contributed by atoms with Crippen LogP contribution in [0.2, 0.25) is 0 Å². The van der Waals surface area contributed by atoms with Crippen LogP contribution in [-0.4, -0.2) is 7.11 Å². The minimum absolute atomic E-state index is 0.822. The summed E-state index contributed by atoms with van der Waals surface area (Å²) in [6.45, 7) is 4.58. The van der Waals surface area contributed by atoms with Crippen molar-refractivity contribution in [3.05, 3.63) is 12.3 Å². The summed E-state index contributed by atoms with van der Waals surface area (Å²) in [7, 11) is 1.76. The van der Waals surface area contributed by atoms with E-state index in [4.69, 9.17) is 4.74 Å². The fourth-order valence-electron chi connectivity index (χ4n) is 3.36. The third-order valence-corrected chi connectivity index (χ3v) is 4.62. The van der Waals surface area contributed by atoms with Gasteiger partial charge in [0.2, 0.25) is 0 Å². The molecular formula is C18H34O. The van der Waals surface area contributed by atoms with Gasteiger partial charge in [-0.3, -0.25) is 0 Å². The molecule has 0 saturated heterocycles. The summed E-state index contributed by atoms with van der Waals surface area (Å²) < 4.78 is 5.09. The molecule has 0 aromatic heterocycles. The minimum atomic E-state index is 0.822. The van der Waals surface area contributed by atoms with E-state index >= 15 is 0 Å². The summed E-state index contributed by atoms with van der Waals surface area (Å²) in [4.78, 5) is 0. The molecule has 1 aliphatic carbocycles. The Bertz CT molecular complexity index is 216. The van der Waals surface area contributed by atoms with Gasteiger partial charge in [0.1, 0.15) is 0 Å². The standard InChI is InChI=1S/C18H34O/c1-4-6-8-10-12-16-17(13-11-9-7-5-2)18(16)14-15-19-3/h14-18H,4-13H2,1-3H3/b15-14+. The van der Waals surface area contributed by atoms with Crippen LogP contribution in [0.3, 0.4) is 0 Å². The SMILES string of the molecule is CCCCCCC1C(/C=C/OC)C1CCCCCC. The molecular weight excluding hydrogens is 232 g/mol. The van der Waals surface area contributed by atoms with Crippen molar-refractivity contribution in [1.82, 2.24) is 0 Å². The van der Waals surface area contributed by atoms with E-state index in [1.165, 1.54) is 64.2 Å². The average Bonchev–Trinajstić information content (AvgIpc) is 3.09. The molecule has 0 spiro atoms. The van der Waals surface area contributed by atoms with Crippen LogP contribution in [0.25, 0.3) is 0 Å². The summed E-state index contributed by atoms with van der Waals surface area (Å²) in [5.74, 6) is 2.75. The van der Waals surface area contributed by atoms with Gasteiger partial charge in [0, 0.05) is 0 Å². The fraction of sp³-hybridized carbons (Fsp3) is 0.889. The van der Waals surface area contributed by atoms with Crippen molar-refractivity contribution in [2.24, 2.45) is 17.8 Å². The predicted molar refractivity (Wildman–Crippen MR) is 84.1 cm³/mol. The molecule has 2 atom stereocenters. The van der Waals surface area contributed by atoms with Gasteiger partial charge in [0.05, 0.1) is 13.4 Å². The molecule has 0 aromatic rings. The Hall–Kier alpha value is -0.460. The Morgan fingerprint density at radius 2 is 1.32 bits per heavy atom. The van der Waals surface area contributed by atoms with Gasteiger partial charge in [-0.2, -0.15) is 0 Å². The maximum Gasteiger partial charge on any atom is 0.0787 e. The van der Waals surface area contributed by atoms with E-state index < -0.39 is 0 Å². The van der Waals surface area contributed by atoms with E-state index in [0.717, 1.165) is 17.8 Å². The van der Waals surface area contributed by atoms with Gasteiger partial charge in [-0.25, -0.2) is 0 Å². The Morgan fingerprint density at radius 3 is 1.74 bits per heavy atom. The molecule has 1 aliphatic rings. The molecule has 1 saturated carbocycles. The molecule has 1 nitrogen and oxygen atoms in total. The van der Waals surface area contributed by atoms with Crippen molar-refractivity contribution < 1.29 is 4.74 Å². The van der Waals surface area contributed by atoms with E-state index in [1.54, 1.807) is 7.11 Å². The number of rotatable bonds is 12. The second-order valence-electron chi connectivity index (χ2n) is 6.17. The third kappa shape index (κ3) is 6.49. The molecule has 0 radical (unpaired) electrons. The lowest BCUT2D eigenvalue weighted by Gasteiger charge is -2.00. The first kappa shape index (κ1) is 16.6. The van der Waals surface area contributed by atoms with Gasteiger partial charge in [-0.05, 0) is 36.7 Å². The van der Waals surface area contributed by atoms with Crippen LogP contribution >= 0.6 is 0 Å². The first-order valence-electron chi connectivity index (χ1n) is 8.54. The van der Waals surface area contributed by atoms with Gasteiger partial charge in [-0.15, -0.1) is 0 Å². The van der Waals surface area contributed by atoms with Crippen molar-refractivity contribution in [2.75, 3.05) is 7.11 Å². The predicted octanol–water partition coefficient (Wildman–Crippen LogP) is 5.95. The van der Waals surface area contributed by atoms with Gasteiger partial charge in [-0.1, -0.05) is 65.2 Å². The van der Waals surface area contributed by atoms with Crippen molar-refractivity contribution in [3.63, 3.8) is 0 Å². The molecule has 112 valence electrons. The van der Waals surface area contributed by atoms with Crippen LogP contribution in [0.4, 0.5) is 0 Å². The zero-order chi connectivity index (χ0) is 13.9. The van der Waals surface area contributed by atoms with E-state index in [9.17, 15) is 0 Å². The highest BCUT2D eigenvalue weighted by molar-refractivity contribution is 5.06. The van der Waals surface area contributed by atoms with Crippen molar-refractivity contribution >= 4 is 0 Å². The highest BCUT2D eigenvalue weighted by Gasteiger charge is 2.46. The largest absolute Gasteiger partial charge is 0.505 e. The molecule has 0 amide bonds. The molecule has 0 aliphatic heterocycles. The molecule has 2 unspecified atom stereocenters. The number of allylic oxidation sites excluding steroid dienone is 1. The maximum atomic E-state index is 5.09. The molecule has 0 bridgehead atoms. The molecule has 1 fully saturated rings. The summed E-state index contributed by atoms with van der Waals surface area (Å²) in [5.41, 5.74) is 0. The first-order chi connectivity index (χ1) is 9.35. The monoisotopic (exact) mass is 266 g/mol. The summed E-state index contributed by atoms with van der Waals surface area (Å²) in [6, 6.07) is 0. The fourth-order valence-corrected chi connectivity index (χ4v) is 3.36. The van der Waals surface area contributed by atoms with Crippen LogP contribution in [0, 0.1) is 17.8 Å². The maximum absolute atomic E-state index is 5.09. The summed E-state index contributed by atoms with van der Waals surface area (Å²) in [6.07, 6.45) is 18.3. The molecule has 19 heavy (non-hydrogen) atoms. The van der Waals surface area contributed by atoms with Gasteiger partial charge >= 0.3 is 0 Å². The van der Waals surface area contributed by atoms with Crippen LogP contribution in [0.1, 0.15) is 78.1 Å². The lowest BCUT2D eigenvalue weighted by molar-refractivity contribution is 0.335. The van der Waals surface area contributed by atoms with Crippen LogP contribution in [0.15, 0.2) is 12.3 Å². The normalized spacial score (nSPS) is 25.9. The molecule has 1 rings (SSSR count). The summed E-state index contributed by atoms with van der Waals surface area (Å²) >= 11 is 0. The highest BCUT2D eigenvalue weighted by atomic mass is 16.5. The average molecular weight is 266 g/mol. The number of hydrogen-bond donors (Lipinski definition) is 0. The number of methoxy groups -OCH3 is 1. The zero-order valence-corrected chi connectivity index (χ0v) is 13.4. The Kier molecular flexibility index (Phi) is 9.03. The van der Waals surface area contributed by atoms with Gasteiger partial charge in [0.25, 0.3) is 0 Å². The third-order valence-electron chi connectivity index (χ3n) is 4.62. The second kappa shape index (κ2) is 10.3. The number of unbranched alkanes of at least 4 members (excludes halogenated alkanes) is 6. The summed E-state index contributed by atoms with van der Waals surface area (Å²) in [5, 5.41) is 0. The van der Waals surface area contributed by atoms with Crippen molar-refractivity contribution in [1.29, 1.82) is 0 Å². The van der Waals surface area contributed by atoms with Crippen LogP contribution in [-0.2, 0) is 4.74 Å². The molecule has 0 N–H and O–H groups in total. The minimum Gasteiger partial charge on any atom is -0.505 e. The van der Waals surface area contributed by atoms with E-state index in [1.807, 2.05) is 6.26 Å². The van der Waals surface area contributed by atoms with Gasteiger partial charge < -0.3 is 4.74 Å². The number of hydrogen-bond acceptors (Lipinski definition) is 1. The first-order valence-corrected chi connectivity index (χ1v) is 8.54. The molecule has 1 heteroatoms. The second-order valence-corrected chi connectivity index (χ2v) is 6.17. The van der Waals surface area contributed by atoms with Crippen molar-refractivity contribution in [3.8, 4) is 0 Å². The van der Waals surface area contributed by atoms with Crippen molar-refractivity contribution in [2.45, 2.75) is 78.1 Å². The lowest BCUT2D eigenvalue weighted by atomic mass is 10.1. The highest BCUT2D eigenvalue weighted by Crippen LogP contribution is 2.53. The zero-order valence-electron chi connectivity index (χ0n) is 13.4. The van der Waals surface area contributed by atoms with Crippen LogP contribution < -0.4 is 0 Å². The Morgan fingerprint density at radius 1 is 0.789 bits per heavy atom. The van der Waals surface area contributed by atoms with E-state index in [0.29, 0.717) is 0 Å². The van der Waals surface area contributed by atoms with E-state index in [2.05, 4.69) is 19.9 Å². The lowest BCUT2D eigenvalue weighted by Crippen LogP contribution is -1.86. The molecule has 0 aromatic carbocycles. The van der Waals surface area contributed by atoms with Crippen LogP contribution in [0.5, 0.6) is 0 Å². The smallest absolute Gasteiger partial charge is 0.0787 e. The quantitative estimate of drug-likeness (QED) is 0.313. The Balaban J connectivity index is 2.20. The van der Waals surface area contributed by atoms with E-state index in [-0.39, 0.29) is 0 Å². The van der Waals surface area contributed by atoms with Gasteiger partial charge in [0.15, 0.2) is 0 Å². The topological polar surface area (TPSA) is 9.23 Å². The Labute approximate surface area is 120 Å².